The third-order valence-corrected chi connectivity index (χ3v) is 8.70. The van der Waals surface area contributed by atoms with Crippen molar-refractivity contribution in [3.63, 3.8) is 0 Å². The van der Waals surface area contributed by atoms with E-state index in [4.69, 9.17) is 10.3 Å². The topological polar surface area (TPSA) is 132 Å². The zero-order chi connectivity index (χ0) is 27.8. The lowest BCUT2D eigenvalue weighted by Gasteiger charge is -2.39. The predicted molar refractivity (Wildman–Crippen MR) is 144 cm³/mol. The smallest absolute Gasteiger partial charge is 0.317 e. The van der Waals surface area contributed by atoms with Crippen LogP contribution >= 0.6 is 0 Å². The molecule has 2 amide bonds. The monoisotopic (exact) mass is 539 g/mol. The fourth-order valence-corrected chi connectivity index (χ4v) is 6.42. The summed E-state index contributed by atoms with van der Waals surface area (Å²) in [4.78, 5) is 25.9. The third-order valence-electron chi connectivity index (χ3n) is 7.31. The summed E-state index contributed by atoms with van der Waals surface area (Å²) in [7, 11) is -2.16. The molecule has 2 atom stereocenters. The number of hydrogen-bond acceptors (Lipinski definition) is 6. The van der Waals surface area contributed by atoms with Crippen LogP contribution in [-0.2, 0) is 26.2 Å². The number of amides is 2. The van der Waals surface area contributed by atoms with Crippen molar-refractivity contribution in [2.24, 2.45) is 17.6 Å². The maximum Gasteiger partial charge on any atom is 0.317 e. The summed E-state index contributed by atoms with van der Waals surface area (Å²) in [5.41, 5.74) is 8.47. The molecule has 2 aromatic carbocycles. The summed E-state index contributed by atoms with van der Waals surface area (Å²) in [5, 5.41) is 3.82. The number of aryl methyl sites for hydroxylation is 1. The first-order valence-corrected chi connectivity index (χ1v) is 14.2. The molecule has 1 aliphatic rings. The molecule has 0 saturated heterocycles. The highest BCUT2D eigenvalue weighted by Crippen LogP contribution is 2.37. The third kappa shape index (κ3) is 5.37. The molecule has 1 heterocycles. The van der Waals surface area contributed by atoms with Gasteiger partial charge in [0, 0.05) is 22.6 Å². The normalized spacial score (nSPS) is 16.2. The van der Waals surface area contributed by atoms with Gasteiger partial charge >= 0.3 is 5.91 Å². The van der Waals surface area contributed by atoms with Gasteiger partial charge in [0.1, 0.15) is 12.3 Å². The van der Waals surface area contributed by atoms with Crippen molar-refractivity contribution in [1.29, 1.82) is 0 Å². The highest BCUT2D eigenvalue weighted by molar-refractivity contribution is 7.92. The fraction of sp³-hybridized carbons (Fsp3) is 0.393. The van der Waals surface area contributed by atoms with Crippen molar-refractivity contribution in [3.8, 4) is 11.1 Å². The lowest BCUT2D eigenvalue weighted by atomic mass is 9.96. The number of quaternary nitrogens is 1. The molecule has 202 valence electrons. The Labute approximate surface area is 223 Å². The quantitative estimate of drug-likeness (QED) is 0.372. The summed E-state index contributed by atoms with van der Waals surface area (Å²) in [6, 6.07) is 13.5. The van der Waals surface area contributed by atoms with E-state index >= 15 is 0 Å². The van der Waals surface area contributed by atoms with E-state index in [2.05, 4.69) is 9.88 Å². The van der Waals surface area contributed by atoms with Crippen LogP contribution in [0.4, 0.5) is 5.82 Å². The largest absolute Gasteiger partial charge is 0.364 e. The van der Waals surface area contributed by atoms with Crippen molar-refractivity contribution in [1.82, 2.24) is 5.16 Å². The summed E-state index contributed by atoms with van der Waals surface area (Å²) in [6.07, 6.45) is 1.67. The van der Waals surface area contributed by atoms with E-state index in [1.807, 2.05) is 38.1 Å². The van der Waals surface area contributed by atoms with Gasteiger partial charge in [-0.05, 0) is 38.3 Å². The van der Waals surface area contributed by atoms with E-state index in [1.165, 1.54) is 6.07 Å². The summed E-state index contributed by atoms with van der Waals surface area (Å²) >= 11 is 0. The minimum absolute atomic E-state index is 0.0347. The van der Waals surface area contributed by atoms with Crippen LogP contribution in [0.1, 0.15) is 43.6 Å². The molecule has 0 aliphatic heterocycles. The van der Waals surface area contributed by atoms with Crippen molar-refractivity contribution < 1.29 is 27.0 Å². The molecule has 4 rings (SSSR count). The Hall–Kier alpha value is -3.50. The van der Waals surface area contributed by atoms with Crippen LogP contribution in [0.15, 0.2) is 57.9 Å². The van der Waals surface area contributed by atoms with E-state index in [0.717, 1.165) is 18.4 Å². The number of anilines is 1. The lowest BCUT2D eigenvalue weighted by Crippen LogP contribution is -2.63. The van der Waals surface area contributed by atoms with Crippen LogP contribution in [0.3, 0.4) is 0 Å². The number of primary amides is 1. The molecule has 38 heavy (non-hydrogen) atoms. The zero-order valence-corrected chi connectivity index (χ0v) is 23.2. The number of carbonyl (C=O) groups excluding carboxylic acids is 2. The number of nitrogens with zero attached hydrogens (tertiary/aromatic N) is 2. The number of nitrogens with one attached hydrogen (secondary N) is 1. The average Bonchev–Trinajstić information content (AvgIpc) is 3.66. The number of likely N-dealkylation sites (N-methyl/N-ethyl adjacent to an activating group) is 1. The molecule has 0 spiro atoms. The maximum absolute atomic E-state index is 13.4. The van der Waals surface area contributed by atoms with Crippen LogP contribution in [0.25, 0.3) is 11.1 Å². The van der Waals surface area contributed by atoms with Crippen LogP contribution in [0.2, 0.25) is 0 Å². The van der Waals surface area contributed by atoms with Gasteiger partial charge in [-0.3, -0.25) is 9.52 Å². The van der Waals surface area contributed by atoms with Crippen molar-refractivity contribution >= 4 is 27.7 Å². The first-order valence-electron chi connectivity index (χ1n) is 12.7. The number of hydrogen-bond donors (Lipinski definition) is 2. The Morgan fingerprint density at radius 2 is 1.74 bits per heavy atom. The van der Waals surface area contributed by atoms with Gasteiger partial charge in [0.25, 0.3) is 15.9 Å². The van der Waals surface area contributed by atoms with E-state index in [-0.39, 0.29) is 32.9 Å². The van der Waals surface area contributed by atoms with E-state index in [1.54, 1.807) is 39.1 Å². The molecule has 0 radical (unpaired) electrons. The molecule has 1 aromatic heterocycles. The lowest BCUT2D eigenvalue weighted by molar-refractivity contribution is -0.868. The summed E-state index contributed by atoms with van der Waals surface area (Å²) in [5.74, 6) is 0.0833. The van der Waals surface area contributed by atoms with Gasteiger partial charge in [-0.1, -0.05) is 61.5 Å². The average molecular weight is 540 g/mol. The van der Waals surface area contributed by atoms with E-state index in [9.17, 15) is 18.0 Å². The van der Waals surface area contributed by atoms with E-state index < -0.39 is 22.0 Å². The number of nitrogens with two attached hydrogens (primary N) is 1. The summed E-state index contributed by atoms with van der Waals surface area (Å²) < 4.78 is 34.1. The van der Waals surface area contributed by atoms with Gasteiger partial charge in [-0.15, -0.1) is 0 Å². The standard InChI is InChI=1S/C28H34N4O5S/c1-17(2)25(26(29)33)32(5,28(34)22-14-15-22)16-20-10-12-21(13-11-20)23-8-6-7-9-24(23)38(35,36)31-27-18(3)19(4)37-30-27/h6-13,17,22,25H,14-16H2,1-5H3,(H2-,29,30,31,33)/p+1/t25-,32?/m0/s1. The van der Waals surface area contributed by atoms with E-state index in [0.29, 0.717) is 29.0 Å². The molecule has 10 heteroatoms. The van der Waals surface area contributed by atoms with Gasteiger partial charge < -0.3 is 10.3 Å². The van der Waals surface area contributed by atoms with Crippen molar-refractivity contribution in [2.75, 3.05) is 11.8 Å². The summed E-state index contributed by atoms with van der Waals surface area (Å²) in [6.45, 7) is 7.57. The maximum atomic E-state index is 13.4. The number of benzene rings is 2. The highest BCUT2D eigenvalue weighted by atomic mass is 32.2. The van der Waals surface area contributed by atoms with Gasteiger partial charge in [-0.25, -0.2) is 17.7 Å². The first-order chi connectivity index (χ1) is 17.8. The Morgan fingerprint density at radius 1 is 1.11 bits per heavy atom. The molecule has 9 nitrogen and oxygen atoms in total. The Bertz CT molecular complexity index is 1460. The van der Waals surface area contributed by atoms with Crippen LogP contribution in [0.5, 0.6) is 0 Å². The minimum Gasteiger partial charge on any atom is -0.364 e. The molecule has 3 aromatic rings. The SMILES string of the molecule is Cc1onc(NS(=O)(=O)c2ccccc2-c2ccc(C[N+](C)(C(=O)C3CC3)[C@H](C(N)=O)C(C)C)cc2)c1C. The van der Waals surface area contributed by atoms with Crippen molar-refractivity contribution in [2.45, 2.75) is 58.0 Å². The molecule has 1 unspecified atom stereocenters. The second kappa shape index (κ2) is 10.3. The predicted octanol–water partition coefficient (Wildman–Crippen LogP) is 4.15. The van der Waals surface area contributed by atoms with Crippen molar-refractivity contribution in [3.05, 3.63) is 65.4 Å². The molecule has 0 bridgehead atoms. The molecular weight excluding hydrogens is 504 g/mol. The molecule has 3 N–H and O–H groups in total. The Kier molecular flexibility index (Phi) is 7.49. The molecular formula is C28H35N4O5S+. The fourth-order valence-electron chi connectivity index (χ4n) is 5.13. The molecule has 1 aliphatic carbocycles. The number of carbonyl (C=O) groups is 2. The minimum atomic E-state index is -3.96. The second-order valence-corrected chi connectivity index (χ2v) is 12.3. The van der Waals surface area contributed by atoms with Crippen LogP contribution < -0.4 is 10.5 Å². The second-order valence-electron chi connectivity index (χ2n) is 10.6. The van der Waals surface area contributed by atoms with Gasteiger partial charge in [-0.2, -0.15) is 0 Å². The van der Waals surface area contributed by atoms with Gasteiger partial charge in [0.2, 0.25) is 0 Å². The number of rotatable bonds is 10. The molecule has 1 fully saturated rings. The Morgan fingerprint density at radius 3 is 2.26 bits per heavy atom. The first kappa shape index (κ1) is 27.5. The van der Waals surface area contributed by atoms with Gasteiger partial charge in [0.05, 0.1) is 17.9 Å². The van der Waals surface area contributed by atoms with Crippen LogP contribution in [-0.4, -0.2) is 43.0 Å². The zero-order valence-electron chi connectivity index (χ0n) is 22.4. The Balaban J connectivity index is 1.65. The number of sulfonamides is 1. The van der Waals surface area contributed by atoms with Crippen LogP contribution in [0, 0.1) is 25.7 Å². The number of aromatic nitrogens is 1. The highest BCUT2D eigenvalue weighted by Gasteiger charge is 2.51. The molecule has 1 saturated carbocycles. The van der Waals surface area contributed by atoms with Gasteiger partial charge in [0.15, 0.2) is 11.9 Å².